The molecule has 2 N–H and O–H groups in total. The van der Waals surface area contributed by atoms with Gasteiger partial charge in [-0.1, -0.05) is 6.07 Å². The molecule has 0 spiro atoms. The van der Waals surface area contributed by atoms with Crippen molar-refractivity contribution in [2.75, 3.05) is 13.1 Å². The van der Waals surface area contributed by atoms with Gasteiger partial charge in [0.15, 0.2) is 0 Å². The molecule has 0 saturated carbocycles. The lowest BCUT2D eigenvalue weighted by molar-refractivity contribution is -0.156. The maximum Gasteiger partial charge on any atom is 0.309 e. The number of carbonyl (C=O) groups excluding carboxylic acids is 1. The Balaban J connectivity index is 2.20. The molecule has 0 aromatic carbocycles. The number of aliphatic carboxylic acids is 2. The summed E-state index contributed by atoms with van der Waals surface area (Å²) in [6, 6.07) is 3.46. The molecule has 0 radical (unpaired) electrons. The largest absolute Gasteiger partial charge is 0.481 e. The minimum absolute atomic E-state index is 0.110. The summed E-state index contributed by atoms with van der Waals surface area (Å²) in [6.45, 7) is 1.86. The number of carboxylic acid groups (broad SMARTS) is 2. The van der Waals surface area contributed by atoms with Crippen LogP contribution in [0.25, 0.3) is 0 Å². The third kappa shape index (κ3) is 3.01. The minimum Gasteiger partial charge on any atom is -0.481 e. The van der Waals surface area contributed by atoms with Crippen LogP contribution in [-0.4, -0.2) is 51.0 Å². The highest BCUT2D eigenvalue weighted by Gasteiger charge is 2.40. The SMILES string of the molecule is Cc1cccnc1C(=O)N1CCC(C(=O)O)C(C(=O)O)C1. The number of amides is 1. The molecule has 2 unspecified atom stereocenters. The van der Waals surface area contributed by atoms with Gasteiger partial charge in [0.2, 0.25) is 0 Å². The Morgan fingerprint density at radius 3 is 2.48 bits per heavy atom. The van der Waals surface area contributed by atoms with Crippen LogP contribution < -0.4 is 0 Å². The number of aromatic nitrogens is 1. The lowest BCUT2D eigenvalue weighted by atomic mass is 9.85. The van der Waals surface area contributed by atoms with E-state index in [1.807, 2.05) is 0 Å². The predicted octanol–water partition coefficient (Wildman–Crippen LogP) is 0.638. The van der Waals surface area contributed by atoms with Crippen molar-refractivity contribution in [1.29, 1.82) is 0 Å². The van der Waals surface area contributed by atoms with Gasteiger partial charge in [-0.3, -0.25) is 19.4 Å². The van der Waals surface area contributed by atoms with Crippen LogP contribution in [0.3, 0.4) is 0 Å². The van der Waals surface area contributed by atoms with E-state index in [0.717, 1.165) is 0 Å². The van der Waals surface area contributed by atoms with Crippen molar-refractivity contribution >= 4 is 17.8 Å². The summed E-state index contributed by atoms with van der Waals surface area (Å²) in [5.41, 5.74) is 0.977. The molecule has 1 aliphatic rings. The highest BCUT2D eigenvalue weighted by Crippen LogP contribution is 2.25. The Kier molecular flexibility index (Phi) is 4.21. The van der Waals surface area contributed by atoms with E-state index in [2.05, 4.69) is 4.98 Å². The molecular formula is C14H16N2O5. The normalized spacial score (nSPS) is 21.9. The van der Waals surface area contributed by atoms with Crippen LogP contribution in [0.1, 0.15) is 22.5 Å². The Morgan fingerprint density at radius 2 is 1.90 bits per heavy atom. The minimum atomic E-state index is -1.20. The lowest BCUT2D eigenvalue weighted by Gasteiger charge is -2.34. The third-order valence-corrected chi connectivity index (χ3v) is 3.75. The molecule has 112 valence electrons. The smallest absolute Gasteiger partial charge is 0.309 e. The van der Waals surface area contributed by atoms with Crippen molar-refractivity contribution in [1.82, 2.24) is 9.88 Å². The number of hydrogen-bond acceptors (Lipinski definition) is 4. The van der Waals surface area contributed by atoms with Gasteiger partial charge < -0.3 is 15.1 Å². The van der Waals surface area contributed by atoms with E-state index < -0.39 is 23.8 Å². The van der Waals surface area contributed by atoms with Crippen LogP contribution in [0, 0.1) is 18.8 Å². The number of carbonyl (C=O) groups is 3. The zero-order valence-electron chi connectivity index (χ0n) is 11.5. The highest BCUT2D eigenvalue weighted by atomic mass is 16.4. The van der Waals surface area contributed by atoms with Gasteiger partial charge in [0.05, 0.1) is 11.8 Å². The second-order valence-electron chi connectivity index (χ2n) is 5.10. The molecule has 2 rings (SSSR count). The van der Waals surface area contributed by atoms with Gasteiger partial charge in [-0.15, -0.1) is 0 Å². The second-order valence-corrected chi connectivity index (χ2v) is 5.10. The third-order valence-electron chi connectivity index (χ3n) is 3.75. The number of aryl methyl sites for hydroxylation is 1. The van der Waals surface area contributed by atoms with E-state index in [9.17, 15) is 14.4 Å². The second kappa shape index (κ2) is 5.90. The summed E-state index contributed by atoms with van der Waals surface area (Å²) in [7, 11) is 0. The Morgan fingerprint density at radius 1 is 1.24 bits per heavy atom. The zero-order chi connectivity index (χ0) is 15.6. The van der Waals surface area contributed by atoms with Crippen molar-refractivity contribution in [3.05, 3.63) is 29.6 Å². The Bertz CT molecular complexity index is 586. The molecule has 0 aliphatic carbocycles. The van der Waals surface area contributed by atoms with E-state index in [4.69, 9.17) is 10.2 Å². The van der Waals surface area contributed by atoms with Gasteiger partial charge in [-0.25, -0.2) is 0 Å². The van der Waals surface area contributed by atoms with Crippen LogP contribution in [0.5, 0.6) is 0 Å². The lowest BCUT2D eigenvalue weighted by Crippen LogP contribution is -2.48. The molecule has 1 aromatic heterocycles. The van der Waals surface area contributed by atoms with Gasteiger partial charge in [0.25, 0.3) is 5.91 Å². The summed E-state index contributed by atoms with van der Waals surface area (Å²) in [4.78, 5) is 40.1. The van der Waals surface area contributed by atoms with Gasteiger partial charge in [0.1, 0.15) is 5.69 Å². The maximum atomic E-state index is 12.4. The average molecular weight is 292 g/mol. The van der Waals surface area contributed by atoms with Gasteiger partial charge in [-0.2, -0.15) is 0 Å². The number of pyridine rings is 1. The Labute approximate surface area is 121 Å². The molecule has 0 bridgehead atoms. The topological polar surface area (TPSA) is 108 Å². The van der Waals surface area contributed by atoms with E-state index in [-0.39, 0.29) is 31.1 Å². The van der Waals surface area contributed by atoms with Crippen LogP contribution >= 0.6 is 0 Å². The number of hydrogen-bond donors (Lipinski definition) is 2. The molecule has 2 atom stereocenters. The van der Waals surface area contributed by atoms with Crippen molar-refractivity contribution in [2.24, 2.45) is 11.8 Å². The van der Waals surface area contributed by atoms with Crippen LogP contribution in [0.4, 0.5) is 0 Å². The first-order valence-electron chi connectivity index (χ1n) is 6.58. The summed E-state index contributed by atoms with van der Waals surface area (Å²) in [6.07, 6.45) is 1.63. The first-order chi connectivity index (χ1) is 9.91. The quantitative estimate of drug-likeness (QED) is 0.846. The standard InChI is InChI=1S/C14H16N2O5/c1-8-3-2-5-15-11(8)12(17)16-6-4-9(13(18)19)10(7-16)14(20)21/h2-3,5,9-10H,4,6-7H2,1H3,(H,18,19)(H,20,21). The monoisotopic (exact) mass is 292 g/mol. The van der Waals surface area contributed by atoms with E-state index >= 15 is 0 Å². The average Bonchev–Trinajstić information content (AvgIpc) is 2.46. The summed E-state index contributed by atoms with van der Waals surface area (Å²) in [5, 5.41) is 18.2. The van der Waals surface area contributed by atoms with Crippen molar-refractivity contribution in [3.8, 4) is 0 Å². The number of carboxylic acids is 2. The fraction of sp³-hybridized carbons (Fsp3) is 0.429. The zero-order valence-corrected chi connectivity index (χ0v) is 11.5. The highest BCUT2D eigenvalue weighted by molar-refractivity contribution is 5.94. The van der Waals surface area contributed by atoms with E-state index in [1.54, 1.807) is 19.1 Å². The number of rotatable bonds is 3. The Hall–Kier alpha value is -2.44. The first kappa shape index (κ1) is 15.0. The molecule has 7 nitrogen and oxygen atoms in total. The van der Waals surface area contributed by atoms with Gasteiger partial charge in [-0.05, 0) is 25.0 Å². The molecule has 1 saturated heterocycles. The molecule has 1 fully saturated rings. The van der Waals surface area contributed by atoms with E-state index in [0.29, 0.717) is 5.56 Å². The molecule has 1 amide bonds. The molecule has 1 aromatic rings. The fourth-order valence-corrected chi connectivity index (χ4v) is 2.54. The van der Waals surface area contributed by atoms with Crippen LogP contribution in [0.15, 0.2) is 18.3 Å². The van der Waals surface area contributed by atoms with Gasteiger partial charge in [0, 0.05) is 19.3 Å². The predicted molar refractivity (Wildman–Crippen MR) is 71.7 cm³/mol. The van der Waals surface area contributed by atoms with Crippen LogP contribution in [0.2, 0.25) is 0 Å². The van der Waals surface area contributed by atoms with Crippen molar-refractivity contribution in [2.45, 2.75) is 13.3 Å². The van der Waals surface area contributed by atoms with Crippen molar-refractivity contribution < 1.29 is 24.6 Å². The summed E-state index contributed by atoms with van der Waals surface area (Å²) in [5.74, 6) is -4.75. The first-order valence-corrected chi connectivity index (χ1v) is 6.58. The fourth-order valence-electron chi connectivity index (χ4n) is 2.54. The van der Waals surface area contributed by atoms with Gasteiger partial charge >= 0.3 is 11.9 Å². The van der Waals surface area contributed by atoms with Crippen LogP contribution in [-0.2, 0) is 9.59 Å². The molecular weight excluding hydrogens is 276 g/mol. The molecule has 2 heterocycles. The number of piperidine rings is 1. The molecule has 21 heavy (non-hydrogen) atoms. The number of likely N-dealkylation sites (tertiary alicyclic amines) is 1. The molecule has 1 aliphatic heterocycles. The molecule has 7 heteroatoms. The maximum absolute atomic E-state index is 12.4. The van der Waals surface area contributed by atoms with E-state index in [1.165, 1.54) is 11.1 Å². The summed E-state index contributed by atoms with van der Waals surface area (Å²) < 4.78 is 0. The number of nitrogens with zero attached hydrogens (tertiary/aromatic N) is 2. The van der Waals surface area contributed by atoms with Crippen molar-refractivity contribution in [3.63, 3.8) is 0 Å². The summed E-state index contributed by atoms with van der Waals surface area (Å²) >= 11 is 0.